The zero-order valence-corrected chi connectivity index (χ0v) is 14.7. The van der Waals surface area contributed by atoms with Crippen LogP contribution in [0.1, 0.15) is 39.5 Å². The van der Waals surface area contributed by atoms with Gasteiger partial charge in [-0.25, -0.2) is 0 Å². The fourth-order valence-corrected chi connectivity index (χ4v) is 2.97. The van der Waals surface area contributed by atoms with E-state index in [0.29, 0.717) is 17.1 Å². The summed E-state index contributed by atoms with van der Waals surface area (Å²) in [6, 6.07) is 5.00. The molecule has 1 aliphatic rings. The van der Waals surface area contributed by atoms with Crippen LogP contribution in [0.4, 0.5) is 11.4 Å². The van der Waals surface area contributed by atoms with Gasteiger partial charge in [-0.15, -0.1) is 0 Å². The van der Waals surface area contributed by atoms with Gasteiger partial charge in [0, 0.05) is 12.6 Å². The summed E-state index contributed by atoms with van der Waals surface area (Å²) >= 11 is 0. The first-order valence-electron chi connectivity index (χ1n) is 8.52. The van der Waals surface area contributed by atoms with Crippen molar-refractivity contribution in [2.75, 3.05) is 30.8 Å². The van der Waals surface area contributed by atoms with E-state index in [9.17, 15) is 9.59 Å². The van der Waals surface area contributed by atoms with Gasteiger partial charge in [0.25, 0.3) is 0 Å². The van der Waals surface area contributed by atoms with Crippen molar-refractivity contribution < 1.29 is 14.3 Å². The first-order valence-corrected chi connectivity index (χ1v) is 8.52. The minimum absolute atomic E-state index is 0.0600. The fraction of sp³-hybridized carbons (Fsp3) is 0.556. The molecule has 1 aromatic rings. The molecule has 0 spiro atoms. The van der Waals surface area contributed by atoms with Crippen LogP contribution in [-0.4, -0.2) is 43.0 Å². The Morgan fingerprint density at radius 3 is 2.38 bits per heavy atom. The number of hydrogen-bond acceptors (Lipinski definition) is 4. The van der Waals surface area contributed by atoms with Gasteiger partial charge in [-0.05, 0) is 51.1 Å². The topological polar surface area (TPSA) is 70.7 Å². The molecule has 1 heterocycles. The third kappa shape index (κ3) is 4.96. The standard InChI is InChI=1S/C18H27N3O3/c1-13(21-10-6-4-5-7-11-21)18(23)20-16-12-15(19-14(2)22)8-9-17(16)24-3/h8-9,12-13H,4-7,10-11H2,1-3H3,(H,19,22)(H,20,23)/t13-/m1/s1. The van der Waals surface area contributed by atoms with Gasteiger partial charge in [-0.2, -0.15) is 0 Å². The molecule has 6 heteroatoms. The number of methoxy groups -OCH3 is 1. The highest BCUT2D eigenvalue weighted by atomic mass is 16.5. The minimum Gasteiger partial charge on any atom is -0.495 e. The summed E-state index contributed by atoms with van der Waals surface area (Å²) in [7, 11) is 1.56. The molecule has 0 unspecified atom stereocenters. The molecule has 1 saturated heterocycles. The molecule has 2 rings (SSSR count). The summed E-state index contributed by atoms with van der Waals surface area (Å²) in [5, 5.41) is 5.65. The lowest BCUT2D eigenvalue weighted by molar-refractivity contribution is -0.120. The number of anilines is 2. The van der Waals surface area contributed by atoms with E-state index in [1.165, 1.54) is 19.8 Å². The van der Waals surface area contributed by atoms with Crippen molar-refractivity contribution in [3.05, 3.63) is 18.2 Å². The second-order valence-corrected chi connectivity index (χ2v) is 6.21. The van der Waals surface area contributed by atoms with Gasteiger partial charge in [0.15, 0.2) is 0 Å². The summed E-state index contributed by atoms with van der Waals surface area (Å²) in [4.78, 5) is 26.1. The maximum atomic E-state index is 12.6. The average molecular weight is 333 g/mol. The Morgan fingerprint density at radius 1 is 1.12 bits per heavy atom. The van der Waals surface area contributed by atoms with Crippen molar-refractivity contribution >= 4 is 23.2 Å². The molecular weight excluding hydrogens is 306 g/mol. The molecule has 1 atom stereocenters. The average Bonchev–Trinajstić information content (AvgIpc) is 2.83. The lowest BCUT2D eigenvalue weighted by Gasteiger charge is -2.26. The molecule has 2 amide bonds. The van der Waals surface area contributed by atoms with Crippen LogP contribution in [0.5, 0.6) is 5.75 Å². The van der Waals surface area contributed by atoms with Crippen LogP contribution in [-0.2, 0) is 9.59 Å². The van der Waals surface area contributed by atoms with E-state index in [4.69, 9.17) is 4.74 Å². The normalized spacial score (nSPS) is 16.8. The molecule has 6 nitrogen and oxygen atoms in total. The van der Waals surface area contributed by atoms with E-state index in [-0.39, 0.29) is 17.9 Å². The monoisotopic (exact) mass is 333 g/mol. The Hall–Kier alpha value is -2.08. The maximum Gasteiger partial charge on any atom is 0.241 e. The number of benzene rings is 1. The third-order valence-electron chi connectivity index (χ3n) is 4.35. The number of hydrogen-bond donors (Lipinski definition) is 2. The Bertz CT molecular complexity index is 581. The van der Waals surface area contributed by atoms with Crippen LogP contribution in [0.3, 0.4) is 0 Å². The molecule has 0 radical (unpaired) electrons. The van der Waals surface area contributed by atoms with Gasteiger partial charge in [0.2, 0.25) is 11.8 Å². The Kier molecular flexibility index (Phi) is 6.61. The molecule has 1 fully saturated rings. The molecule has 0 saturated carbocycles. The first-order chi connectivity index (χ1) is 11.5. The lowest BCUT2D eigenvalue weighted by atomic mass is 10.2. The summed E-state index contributed by atoms with van der Waals surface area (Å²) in [6.07, 6.45) is 4.74. The maximum absolute atomic E-state index is 12.6. The second kappa shape index (κ2) is 8.68. The highest BCUT2D eigenvalue weighted by Gasteiger charge is 2.23. The van der Waals surface area contributed by atoms with Gasteiger partial charge in [-0.3, -0.25) is 14.5 Å². The largest absolute Gasteiger partial charge is 0.495 e. The molecule has 0 aliphatic carbocycles. The number of carbonyl (C=O) groups is 2. The first kappa shape index (κ1) is 18.3. The molecule has 2 N–H and O–H groups in total. The number of likely N-dealkylation sites (tertiary alicyclic amines) is 1. The number of ether oxygens (including phenoxy) is 1. The van der Waals surface area contributed by atoms with Gasteiger partial charge in [0.1, 0.15) is 5.75 Å². The van der Waals surface area contributed by atoms with E-state index in [1.54, 1.807) is 25.3 Å². The van der Waals surface area contributed by atoms with Gasteiger partial charge >= 0.3 is 0 Å². The highest BCUT2D eigenvalue weighted by Crippen LogP contribution is 2.28. The zero-order chi connectivity index (χ0) is 17.5. The van der Waals surface area contributed by atoms with Crippen LogP contribution in [0.25, 0.3) is 0 Å². The lowest BCUT2D eigenvalue weighted by Crippen LogP contribution is -2.42. The van der Waals surface area contributed by atoms with E-state index in [0.717, 1.165) is 25.9 Å². The summed E-state index contributed by atoms with van der Waals surface area (Å²) in [6.45, 7) is 5.30. The number of carbonyl (C=O) groups excluding carboxylic acids is 2. The number of amides is 2. The van der Waals surface area contributed by atoms with Crippen LogP contribution in [0.15, 0.2) is 18.2 Å². The Morgan fingerprint density at radius 2 is 1.79 bits per heavy atom. The predicted octanol–water partition coefficient (Wildman–Crippen LogP) is 2.86. The van der Waals surface area contributed by atoms with Crippen LogP contribution >= 0.6 is 0 Å². The van der Waals surface area contributed by atoms with Crippen LogP contribution < -0.4 is 15.4 Å². The quantitative estimate of drug-likeness (QED) is 0.869. The predicted molar refractivity (Wildman–Crippen MR) is 95.4 cm³/mol. The van der Waals surface area contributed by atoms with Crippen molar-refractivity contribution in [3.8, 4) is 5.75 Å². The highest BCUT2D eigenvalue weighted by molar-refractivity contribution is 5.97. The van der Waals surface area contributed by atoms with E-state index in [1.807, 2.05) is 6.92 Å². The third-order valence-corrected chi connectivity index (χ3v) is 4.35. The zero-order valence-electron chi connectivity index (χ0n) is 14.7. The SMILES string of the molecule is COc1ccc(NC(C)=O)cc1NC(=O)[C@@H](C)N1CCCCCC1. The summed E-state index contributed by atoms with van der Waals surface area (Å²) in [5.41, 5.74) is 1.19. The van der Waals surface area contributed by atoms with Crippen molar-refractivity contribution in [2.45, 2.75) is 45.6 Å². The smallest absolute Gasteiger partial charge is 0.241 e. The molecular formula is C18H27N3O3. The number of rotatable bonds is 5. The minimum atomic E-state index is -0.197. The molecule has 0 bridgehead atoms. The number of nitrogens with one attached hydrogen (secondary N) is 2. The van der Waals surface area contributed by atoms with Crippen molar-refractivity contribution in [2.24, 2.45) is 0 Å². The summed E-state index contributed by atoms with van der Waals surface area (Å²) < 4.78 is 5.31. The van der Waals surface area contributed by atoms with Crippen LogP contribution in [0.2, 0.25) is 0 Å². The van der Waals surface area contributed by atoms with Crippen molar-refractivity contribution in [1.82, 2.24) is 4.90 Å². The fourth-order valence-electron chi connectivity index (χ4n) is 2.97. The molecule has 1 aliphatic heterocycles. The van der Waals surface area contributed by atoms with E-state index >= 15 is 0 Å². The second-order valence-electron chi connectivity index (χ2n) is 6.21. The van der Waals surface area contributed by atoms with Gasteiger partial charge < -0.3 is 15.4 Å². The Balaban J connectivity index is 2.09. The van der Waals surface area contributed by atoms with E-state index < -0.39 is 0 Å². The molecule has 24 heavy (non-hydrogen) atoms. The van der Waals surface area contributed by atoms with Crippen LogP contribution in [0, 0.1) is 0 Å². The molecule has 132 valence electrons. The summed E-state index contributed by atoms with van der Waals surface area (Å²) in [5.74, 6) is 0.353. The Labute approximate surface area is 143 Å². The van der Waals surface area contributed by atoms with Gasteiger partial charge in [0.05, 0.1) is 18.8 Å². The van der Waals surface area contributed by atoms with Gasteiger partial charge in [-0.1, -0.05) is 12.8 Å². The van der Waals surface area contributed by atoms with Crippen molar-refractivity contribution in [1.29, 1.82) is 0 Å². The number of nitrogens with zero attached hydrogens (tertiary/aromatic N) is 1. The molecule has 1 aromatic carbocycles. The van der Waals surface area contributed by atoms with Crippen molar-refractivity contribution in [3.63, 3.8) is 0 Å². The van der Waals surface area contributed by atoms with E-state index in [2.05, 4.69) is 15.5 Å². The molecule has 0 aromatic heterocycles.